The number of nitrogens with zero attached hydrogens (tertiary/aromatic N) is 1. The summed E-state index contributed by atoms with van der Waals surface area (Å²) in [4.78, 5) is 15.8. The number of carbonyl (C=O) groups is 1. The molecule has 3 N–H and O–H groups in total. The standard InChI is InChI=1S/C13H12ClN3O/c1-8-5-11(15)10(14)6-12(8)17-13(18)9-3-2-4-16-7-9/h2-7H,15H2,1H3,(H,17,18). The van der Waals surface area contributed by atoms with Crippen molar-refractivity contribution in [2.45, 2.75) is 6.92 Å². The molecule has 1 aromatic carbocycles. The molecule has 0 aliphatic heterocycles. The van der Waals surface area contributed by atoms with Crippen LogP contribution in [-0.4, -0.2) is 10.9 Å². The first-order chi connectivity index (χ1) is 8.58. The molecule has 1 amide bonds. The number of amides is 1. The molecule has 0 unspecified atom stereocenters. The van der Waals surface area contributed by atoms with Crippen molar-refractivity contribution in [1.29, 1.82) is 0 Å². The number of carbonyl (C=O) groups excluding carboxylic acids is 1. The fraction of sp³-hybridized carbons (Fsp3) is 0.0769. The highest BCUT2D eigenvalue weighted by Crippen LogP contribution is 2.26. The number of benzene rings is 1. The molecule has 4 nitrogen and oxygen atoms in total. The van der Waals surface area contributed by atoms with Gasteiger partial charge in [0.25, 0.3) is 5.91 Å². The molecule has 0 atom stereocenters. The zero-order valence-corrected chi connectivity index (χ0v) is 10.5. The van der Waals surface area contributed by atoms with Crippen LogP contribution in [0.1, 0.15) is 15.9 Å². The SMILES string of the molecule is Cc1cc(N)c(Cl)cc1NC(=O)c1cccnc1. The third-order valence-corrected chi connectivity index (χ3v) is 2.84. The van der Waals surface area contributed by atoms with Gasteiger partial charge in [-0.25, -0.2) is 0 Å². The average molecular weight is 262 g/mol. The maximum atomic E-state index is 11.9. The van der Waals surface area contributed by atoms with Crippen molar-refractivity contribution in [1.82, 2.24) is 4.98 Å². The van der Waals surface area contributed by atoms with E-state index in [0.29, 0.717) is 22.0 Å². The topological polar surface area (TPSA) is 68.0 Å². The second kappa shape index (κ2) is 5.06. The molecule has 0 saturated heterocycles. The number of nitrogens with two attached hydrogens (primary N) is 1. The Morgan fingerprint density at radius 2 is 2.22 bits per heavy atom. The third kappa shape index (κ3) is 2.60. The molecule has 0 saturated carbocycles. The summed E-state index contributed by atoms with van der Waals surface area (Å²) >= 11 is 5.93. The summed E-state index contributed by atoms with van der Waals surface area (Å²) in [6, 6.07) is 6.76. The molecule has 0 radical (unpaired) electrons. The van der Waals surface area contributed by atoms with Crippen LogP contribution in [-0.2, 0) is 0 Å². The number of anilines is 2. The van der Waals surface area contributed by atoms with Gasteiger partial charge in [-0.15, -0.1) is 0 Å². The molecule has 0 aliphatic rings. The summed E-state index contributed by atoms with van der Waals surface area (Å²) in [5, 5.41) is 3.19. The molecule has 5 heteroatoms. The molecule has 0 spiro atoms. The molecule has 0 bridgehead atoms. The quantitative estimate of drug-likeness (QED) is 0.817. The first kappa shape index (κ1) is 12.4. The Bertz CT molecular complexity index is 584. The van der Waals surface area contributed by atoms with Crippen LogP contribution in [0, 0.1) is 6.92 Å². The van der Waals surface area contributed by atoms with Gasteiger partial charge in [0.05, 0.1) is 16.3 Å². The summed E-state index contributed by atoms with van der Waals surface area (Å²) in [6.45, 7) is 1.85. The van der Waals surface area contributed by atoms with Crippen LogP contribution in [0.15, 0.2) is 36.7 Å². The smallest absolute Gasteiger partial charge is 0.257 e. The van der Waals surface area contributed by atoms with Gasteiger partial charge in [0.1, 0.15) is 0 Å². The lowest BCUT2D eigenvalue weighted by Crippen LogP contribution is -2.13. The molecule has 18 heavy (non-hydrogen) atoms. The Balaban J connectivity index is 2.25. The van der Waals surface area contributed by atoms with E-state index in [-0.39, 0.29) is 5.91 Å². The normalized spacial score (nSPS) is 10.1. The Morgan fingerprint density at radius 1 is 1.44 bits per heavy atom. The molecule has 0 aliphatic carbocycles. The van der Waals surface area contributed by atoms with E-state index in [4.69, 9.17) is 17.3 Å². The van der Waals surface area contributed by atoms with Crippen LogP contribution in [0.25, 0.3) is 0 Å². The first-order valence-corrected chi connectivity index (χ1v) is 5.72. The second-order valence-electron chi connectivity index (χ2n) is 3.88. The summed E-state index contributed by atoms with van der Waals surface area (Å²) in [5.74, 6) is -0.230. The van der Waals surface area contributed by atoms with Crippen molar-refractivity contribution in [3.63, 3.8) is 0 Å². The molecule has 2 rings (SSSR count). The molecular weight excluding hydrogens is 250 g/mol. The zero-order valence-electron chi connectivity index (χ0n) is 9.77. The van der Waals surface area contributed by atoms with Crippen LogP contribution in [0.5, 0.6) is 0 Å². The monoisotopic (exact) mass is 261 g/mol. The maximum Gasteiger partial charge on any atom is 0.257 e. The fourth-order valence-electron chi connectivity index (χ4n) is 1.53. The highest BCUT2D eigenvalue weighted by atomic mass is 35.5. The van der Waals surface area contributed by atoms with Crippen molar-refractivity contribution >= 4 is 28.9 Å². The van der Waals surface area contributed by atoms with Crippen LogP contribution < -0.4 is 11.1 Å². The number of aryl methyl sites for hydroxylation is 1. The molecule has 1 heterocycles. The average Bonchev–Trinajstić information content (AvgIpc) is 2.37. The van der Waals surface area contributed by atoms with Crippen molar-refractivity contribution in [2.24, 2.45) is 0 Å². The van der Waals surface area contributed by atoms with Gasteiger partial charge in [-0.2, -0.15) is 0 Å². The number of hydrogen-bond acceptors (Lipinski definition) is 3. The lowest BCUT2D eigenvalue weighted by Gasteiger charge is -2.10. The van der Waals surface area contributed by atoms with Crippen LogP contribution in [0.2, 0.25) is 5.02 Å². The maximum absolute atomic E-state index is 11.9. The van der Waals surface area contributed by atoms with Crippen molar-refractivity contribution in [2.75, 3.05) is 11.1 Å². The Morgan fingerprint density at radius 3 is 2.89 bits per heavy atom. The molecule has 92 valence electrons. The van der Waals surface area contributed by atoms with Crippen molar-refractivity contribution in [3.8, 4) is 0 Å². The van der Waals surface area contributed by atoms with Gasteiger partial charge >= 0.3 is 0 Å². The minimum absolute atomic E-state index is 0.230. The minimum atomic E-state index is -0.230. The minimum Gasteiger partial charge on any atom is -0.398 e. The van der Waals surface area contributed by atoms with Gasteiger partial charge in [0.15, 0.2) is 0 Å². The molecule has 0 fully saturated rings. The van der Waals surface area contributed by atoms with E-state index in [2.05, 4.69) is 10.3 Å². The van der Waals surface area contributed by atoms with Gasteiger partial charge in [0.2, 0.25) is 0 Å². The van der Waals surface area contributed by atoms with Gasteiger partial charge in [0, 0.05) is 18.1 Å². The lowest BCUT2D eigenvalue weighted by molar-refractivity contribution is 0.102. The number of nitrogens with one attached hydrogen (secondary N) is 1. The predicted molar refractivity (Wildman–Crippen MR) is 72.8 cm³/mol. The Kier molecular flexibility index (Phi) is 3.48. The zero-order chi connectivity index (χ0) is 13.1. The van der Waals surface area contributed by atoms with Crippen molar-refractivity contribution < 1.29 is 4.79 Å². The van der Waals surface area contributed by atoms with Crippen LogP contribution in [0.4, 0.5) is 11.4 Å². The van der Waals surface area contributed by atoms with E-state index in [1.165, 1.54) is 6.20 Å². The van der Waals surface area contributed by atoms with E-state index in [9.17, 15) is 4.79 Å². The van der Waals surface area contributed by atoms with E-state index < -0.39 is 0 Å². The number of aromatic nitrogens is 1. The Labute approximate surface area is 110 Å². The van der Waals surface area contributed by atoms with Gasteiger partial charge < -0.3 is 11.1 Å². The summed E-state index contributed by atoms with van der Waals surface area (Å²) in [6.07, 6.45) is 3.12. The second-order valence-corrected chi connectivity index (χ2v) is 4.29. The molecule has 1 aromatic heterocycles. The van der Waals surface area contributed by atoms with Gasteiger partial charge in [-0.3, -0.25) is 9.78 Å². The summed E-state index contributed by atoms with van der Waals surface area (Å²) in [7, 11) is 0. The number of rotatable bonds is 2. The predicted octanol–water partition coefficient (Wildman–Crippen LogP) is 2.88. The van der Waals surface area contributed by atoms with Crippen LogP contribution in [0.3, 0.4) is 0 Å². The van der Waals surface area contributed by atoms with Crippen LogP contribution >= 0.6 is 11.6 Å². The third-order valence-electron chi connectivity index (χ3n) is 2.52. The van der Waals surface area contributed by atoms with Gasteiger partial charge in [-0.05, 0) is 36.8 Å². The van der Waals surface area contributed by atoms with E-state index in [1.54, 1.807) is 30.5 Å². The fourth-order valence-corrected chi connectivity index (χ4v) is 1.69. The van der Waals surface area contributed by atoms with E-state index >= 15 is 0 Å². The summed E-state index contributed by atoms with van der Waals surface area (Å²) < 4.78 is 0. The van der Waals surface area contributed by atoms with E-state index in [1.807, 2.05) is 6.92 Å². The van der Waals surface area contributed by atoms with E-state index in [0.717, 1.165) is 5.56 Å². The number of nitrogen functional groups attached to an aromatic ring is 1. The molecule has 2 aromatic rings. The van der Waals surface area contributed by atoms with Gasteiger partial charge in [-0.1, -0.05) is 11.6 Å². The molecular formula is C13H12ClN3O. The highest BCUT2D eigenvalue weighted by Gasteiger charge is 2.09. The number of hydrogen-bond donors (Lipinski definition) is 2. The Hall–Kier alpha value is -2.07. The highest BCUT2D eigenvalue weighted by molar-refractivity contribution is 6.33. The summed E-state index contributed by atoms with van der Waals surface area (Å²) in [5.41, 5.74) is 8.16. The first-order valence-electron chi connectivity index (χ1n) is 5.35. The number of pyridine rings is 1. The number of halogens is 1. The van der Waals surface area contributed by atoms with Crippen molar-refractivity contribution in [3.05, 3.63) is 52.8 Å². The lowest BCUT2D eigenvalue weighted by atomic mass is 10.1. The largest absolute Gasteiger partial charge is 0.398 e.